The van der Waals surface area contributed by atoms with Gasteiger partial charge in [-0.3, -0.25) is 0 Å². The number of aryl methyl sites for hydroxylation is 2. The lowest BCUT2D eigenvalue weighted by Gasteiger charge is -2.07. The molecule has 1 heteroatoms. The fraction of sp³-hybridized carbons (Fsp3) is 0.0667. The molecule has 0 bridgehead atoms. The highest BCUT2D eigenvalue weighted by Crippen LogP contribution is 2.41. The molecule has 146 valence electrons. The van der Waals surface area contributed by atoms with Gasteiger partial charge < -0.3 is 4.40 Å². The first-order chi connectivity index (χ1) is 15.2. The Labute approximate surface area is 180 Å². The molecule has 31 heavy (non-hydrogen) atoms. The minimum atomic E-state index is 1.28. The Morgan fingerprint density at radius 2 is 1.16 bits per heavy atom. The van der Waals surface area contributed by atoms with Gasteiger partial charge in [-0.1, -0.05) is 77.9 Å². The van der Waals surface area contributed by atoms with Crippen molar-refractivity contribution in [2.75, 3.05) is 0 Å². The molecule has 0 radical (unpaired) electrons. The molecule has 0 atom stereocenters. The van der Waals surface area contributed by atoms with E-state index in [1.54, 1.807) is 0 Å². The Kier molecular flexibility index (Phi) is 3.20. The van der Waals surface area contributed by atoms with Crippen LogP contribution in [0.2, 0.25) is 0 Å². The van der Waals surface area contributed by atoms with Crippen molar-refractivity contribution < 1.29 is 0 Å². The zero-order chi connectivity index (χ0) is 20.7. The monoisotopic (exact) mass is 395 g/mol. The Hall–Kier alpha value is -3.84. The number of fused-ring (bicyclic) bond motifs is 7. The van der Waals surface area contributed by atoms with Crippen LogP contribution in [0.5, 0.6) is 0 Å². The maximum absolute atomic E-state index is 2.47. The lowest BCUT2D eigenvalue weighted by atomic mass is 9.98. The van der Waals surface area contributed by atoms with E-state index in [1.165, 1.54) is 71.1 Å². The molecule has 0 fully saturated rings. The molecule has 1 nitrogen and oxygen atoms in total. The van der Waals surface area contributed by atoms with Crippen LogP contribution in [0.1, 0.15) is 11.1 Å². The van der Waals surface area contributed by atoms with Crippen molar-refractivity contribution in [3.8, 4) is 11.1 Å². The predicted molar refractivity (Wildman–Crippen MR) is 134 cm³/mol. The van der Waals surface area contributed by atoms with E-state index in [0.717, 1.165) is 0 Å². The summed E-state index contributed by atoms with van der Waals surface area (Å²) >= 11 is 0. The summed E-state index contributed by atoms with van der Waals surface area (Å²) in [5.41, 5.74) is 9.09. The topological polar surface area (TPSA) is 4.41 Å². The zero-order valence-corrected chi connectivity index (χ0v) is 17.6. The third-order valence-electron chi connectivity index (χ3n) is 6.74. The Morgan fingerprint density at radius 1 is 0.484 bits per heavy atom. The summed E-state index contributed by atoms with van der Waals surface area (Å²) in [7, 11) is 0. The van der Waals surface area contributed by atoms with E-state index >= 15 is 0 Å². The summed E-state index contributed by atoms with van der Waals surface area (Å²) in [5.74, 6) is 0. The van der Waals surface area contributed by atoms with Crippen molar-refractivity contribution in [3.05, 3.63) is 102 Å². The smallest absolute Gasteiger partial charge is 0.0620 e. The summed E-state index contributed by atoms with van der Waals surface area (Å²) in [6, 6.07) is 33.8. The van der Waals surface area contributed by atoms with Crippen molar-refractivity contribution in [2.24, 2.45) is 0 Å². The highest BCUT2D eigenvalue weighted by molar-refractivity contribution is 6.24. The van der Waals surface area contributed by atoms with Gasteiger partial charge in [-0.25, -0.2) is 0 Å². The molecule has 7 rings (SSSR count). The fourth-order valence-corrected chi connectivity index (χ4v) is 5.49. The summed E-state index contributed by atoms with van der Waals surface area (Å²) in [6.45, 7) is 4.35. The molecule has 0 amide bonds. The molecule has 0 saturated carbocycles. The highest BCUT2D eigenvalue weighted by Gasteiger charge is 2.18. The second-order valence-electron chi connectivity index (χ2n) is 8.86. The van der Waals surface area contributed by atoms with Crippen LogP contribution in [0, 0.1) is 13.8 Å². The number of nitrogens with zero attached hydrogens (tertiary/aromatic N) is 1. The van der Waals surface area contributed by atoms with Gasteiger partial charge in [0.25, 0.3) is 0 Å². The maximum atomic E-state index is 2.47. The Balaban J connectivity index is 1.63. The van der Waals surface area contributed by atoms with Gasteiger partial charge in [0.15, 0.2) is 0 Å². The number of hydrogen-bond donors (Lipinski definition) is 0. The number of hydrogen-bond acceptors (Lipinski definition) is 0. The van der Waals surface area contributed by atoms with Gasteiger partial charge in [0.2, 0.25) is 0 Å². The van der Waals surface area contributed by atoms with Gasteiger partial charge >= 0.3 is 0 Å². The summed E-state index contributed by atoms with van der Waals surface area (Å²) in [4.78, 5) is 0. The quantitative estimate of drug-likeness (QED) is 0.263. The summed E-state index contributed by atoms with van der Waals surface area (Å²) in [5, 5.41) is 7.91. The number of rotatable bonds is 1. The van der Waals surface area contributed by atoms with Gasteiger partial charge in [-0.05, 0) is 60.0 Å². The molecule has 5 aromatic carbocycles. The molecule has 0 N–H and O–H groups in total. The molecule has 0 unspecified atom stereocenters. The molecule has 2 aromatic heterocycles. The summed E-state index contributed by atoms with van der Waals surface area (Å²) < 4.78 is 2.47. The van der Waals surface area contributed by atoms with Crippen LogP contribution in [0.4, 0.5) is 0 Å². The van der Waals surface area contributed by atoms with Crippen molar-refractivity contribution in [2.45, 2.75) is 13.8 Å². The number of benzene rings is 5. The van der Waals surface area contributed by atoms with Crippen LogP contribution >= 0.6 is 0 Å². The van der Waals surface area contributed by atoms with Crippen LogP contribution in [0.3, 0.4) is 0 Å². The van der Waals surface area contributed by atoms with Crippen LogP contribution in [-0.4, -0.2) is 4.40 Å². The van der Waals surface area contributed by atoms with Crippen molar-refractivity contribution >= 4 is 48.9 Å². The first-order valence-corrected chi connectivity index (χ1v) is 10.9. The molecule has 0 saturated heterocycles. The SMILES string of the molecule is Cc1cc(C)cc(-c2ccc3c(c2)c2cccc4c5cc6ccccc6cc5n3c24)c1. The number of para-hydroxylation sites is 1. The van der Waals surface area contributed by atoms with Crippen LogP contribution < -0.4 is 0 Å². The van der Waals surface area contributed by atoms with Gasteiger partial charge in [-0.15, -0.1) is 0 Å². The average Bonchev–Trinajstić information content (AvgIpc) is 3.28. The second-order valence-corrected chi connectivity index (χ2v) is 8.86. The fourth-order valence-electron chi connectivity index (χ4n) is 5.49. The Bertz CT molecular complexity index is 1780. The van der Waals surface area contributed by atoms with E-state index in [2.05, 4.69) is 109 Å². The highest BCUT2D eigenvalue weighted by atomic mass is 14.9. The molecule has 0 aliphatic carbocycles. The largest absolute Gasteiger partial charge is 0.308 e. The number of aromatic nitrogens is 1. The van der Waals surface area contributed by atoms with E-state index in [-0.39, 0.29) is 0 Å². The van der Waals surface area contributed by atoms with E-state index in [0.29, 0.717) is 0 Å². The lowest BCUT2D eigenvalue weighted by Crippen LogP contribution is -1.84. The van der Waals surface area contributed by atoms with E-state index in [4.69, 9.17) is 0 Å². The predicted octanol–water partition coefficient (Wildman–Crippen LogP) is 8.27. The second kappa shape index (κ2) is 5.86. The minimum absolute atomic E-state index is 1.28. The zero-order valence-electron chi connectivity index (χ0n) is 17.6. The third-order valence-corrected chi connectivity index (χ3v) is 6.74. The van der Waals surface area contributed by atoms with Gasteiger partial charge in [0.1, 0.15) is 0 Å². The van der Waals surface area contributed by atoms with Crippen molar-refractivity contribution in [3.63, 3.8) is 0 Å². The first kappa shape index (κ1) is 16.9. The van der Waals surface area contributed by atoms with E-state index in [9.17, 15) is 0 Å². The first-order valence-electron chi connectivity index (χ1n) is 10.9. The van der Waals surface area contributed by atoms with Crippen molar-refractivity contribution in [1.29, 1.82) is 0 Å². The van der Waals surface area contributed by atoms with Crippen LogP contribution in [0.25, 0.3) is 60.0 Å². The standard InChI is InChI=1S/C30H21N/c1-18-12-19(2)14-23(13-18)22-10-11-28-26(16-22)24-8-5-9-25-27-15-20-6-3-4-7-21(20)17-29(27)31(28)30(24)25/h3-17H,1-2H3. The normalized spacial score (nSPS) is 12.2. The van der Waals surface area contributed by atoms with Gasteiger partial charge in [0.05, 0.1) is 16.6 Å². The van der Waals surface area contributed by atoms with Gasteiger partial charge in [0, 0.05) is 21.5 Å². The molecule has 0 aliphatic heterocycles. The minimum Gasteiger partial charge on any atom is -0.308 e. The maximum Gasteiger partial charge on any atom is 0.0620 e. The van der Waals surface area contributed by atoms with Crippen LogP contribution in [0.15, 0.2) is 91.0 Å². The molecular weight excluding hydrogens is 374 g/mol. The molecule has 0 spiro atoms. The lowest BCUT2D eigenvalue weighted by molar-refractivity contribution is 1.37. The van der Waals surface area contributed by atoms with E-state index in [1.807, 2.05) is 0 Å². The molecular formula is C30H21N. The van der Waals surface area contributed by atoms with Crippen molar-refractivity contribution in [1.82, 2.24) is 4.40 Å². The molecule has 7 aromatic rings. The third kappa shape index (κ3) is 2.26. The molecule has 0 aliphatic rings. The average molecular weight is 396 g/mol. The van der Waals surface area contributed by atoms with Gasteiger partial charge in [-0.2, -0.15) is 0 Å². The van der Waals surface area contributed by atoms with Crippen LogP contribution in [-0.2, 0) is 0 Å². The Morgan fingerprint density at radius 3 is 1.90 bits per heavy atom. The summed E-state index contributed by atoms with van der Waals surface area (Å²) in [6.07, 6.45) is 0. The van der Waals surface area contributed by atoms with E-state index < -0.39 is 0 Å². The molecule has 2 heterocycles.